The molecule has 242 valence electrons. The third-order valence-electron chi connectivity index (χ3n) is 9.17. The number of H-pyrrole nitrogens is 1. The number of aryl methyl sites for hydroxylation is 2. The summed E-state index contributed by atoms with van der Waals surface area (Å²) in [5.74, 6) is -0.310. The first-order chi connectivity index (χ1) is 21.1. The smallest absolute Gasteiger partial charge is 0.294 e. The largest absolute Gasteiger partial charge is 0.448 e. The molecule has 1 amide bonds. The predicted molar refractivity (Wildman–Crippen MR) is 172 cm³/mol. The van der Waals surface area contributed by atoms with Crippen LogP contribution < -0.4 is 15.0 Å². The van der Waals surface area contributed by atoms with E-state index in [1.165, 1.54) is 29.2 Å². The Kier molecular flexibility index (Phi) is 9.12. The van der Waals surface area contributed by atoms with Crippen LogP contribution in [0.1, 0.15) is 70.9 Å². The number of nitrogens with one attached hydrogen (secondary N) is 1. The number of hydrogen-bond donors (Lipinski definition) is 2. The fraction of sp³-hybridized carbons (Fsp3) is 0.455. The maximum Gasteiger partial charge on any atom is 0.294 e. The van der Waals surface area contributed by atoms with Crippen LogP contribution in [0, 0.1) is 26.7 Å². The normalized spacial score (nSPS) is 21.3. The molecule has 1 saturated carbocycles. The van der Waals surface area contributed by atoms with Gasteiger partial charge in [-0.15, -0.1) is 0 Å². The van der Waals surface area contributed by atoms with E-state index in [0.717, 1.165) is 31.2 Å². The maximum absolute atomic E-state index is 14.3. The van der Waals surface area contributed by atoms with Gasteiger partial charge < -0.3 is 24.3 Å². The van der Waals surface area contributed by atoms with Crippen molar-refractivity contribution in [2.75, 3.05) is 14.1 Å². The SMILES string of the molecule is Cc1cc(C)c(CN(Cc2ccc(S(=O)(=O)O)cc2)C(=O)c2cc(Cl)c3c(c2C)O[C@@](C)(C2CCC(N(C)C)CC2)O3)c(=O)[nH]1. The second-order valence-electron chi connectivity index (χ2n) is 12.6. The van der Waals surface area contributed by atoms with E-state index in [2.05, 4.69) is 24.0 Å². The average molecular weight is 658 g/mol. The molecule has 0 spiro atoms. The molecule has 5 rings (SSSR count). The summed E-state index contributed by atoms with van der Waals surface area (Å²) in [5.41, 5.74) is 3.04. The van der Waals surface area contributed by atoms with Gasteiger partial charge in [0.1, 0.15) is 0 Å². The zero-order valence-electron chi connectivity index (χ0n) is 26.4. The van der Waals surface area contributed by atoms with E-state index in [-0.39, 0.29) is 40.4 Å². The minimum atomic E-state index is -4.38. The molecule has 0 radical (unpaired) electrons. The van der Waals surface area contributed by atoms with Gasteiger partial charge in [0.25, 0.3) is 27.4 Å². The number of rotatable bonds is 8. The third-order valence-corrected chi connectivity index (χ3v) is 10.3. The van der Waals surface area contributed by atoms with Crippen molar-refractivity contribution in [3.63, 3.8) is 0 Å². The van der Waals surface area contributed by atoms with Gasteiger partial charge in [0.2, 0.25) is 0 Å². The number of halogens is 1. The fourth-order valence-corrected chi connectivity index (χ4v) is 7.19. The number of aromatic amines is 1. The number of hydrogen-bond acceptors (Lipinski definition) is 7. The molecular formula is C33H40ClN3O7S. The van der Waals surface area contributed by atoms with E-state index >= 15 is 0 Å². The Morgan fingerprint density at radius 1 is 1.02 bits per heavy atom. The fourth-order valence-electron chi connectivity index (χ4n) is 6.48. The summed E-state index contributed by atoms with van der Waals surface area (Å²) in [6, 6.07) is 9.52. The van der Waals surface area contributed by atoms with Crippen LogP contribution in [0.3, 0.4) is 0 Å². The molecule has 2 aromatic carbocycles. The van der Waals surface area contributed by atoms with Crippen LogP contribution >= 0.6 is 11.6 Å². The molecule has 45 heavy (non-hydrogen) atoms. The Morgan fingerprint density at radius 2 is 1.64 bits per heavy atom. The summed E-state index contributed by atoms with van der Waals surface area (Å²) >= 11 is 6.76. The quantitative estimate of drug-likeness (QED) is 0.298. The molecule has 0 unspecified atom stereocenters. The second-order valence-corrected chi connectivity index (χ2v) is 14.4. The minimum absolute atomic E-state index is 0.0152. The van der Waals surface area contributed by atoms with Crippen molar-refractivity contribution in [2.45, 2.75) is 83.2 Å². The third kappa shape index (κ3) is 6.77. The number of nitrogens with zero attached hydrogens (tertiary/aromatic N) is 2. The Morgan fingerprint density at radius 3 is 2.22 bits per heavy atom. The molecular weight excluding hydrogens is 618 g/mol. The zero-order valence-corrected chi connectivity index (χ0v) is 28.0. The lowest BCUT2D eigenvalue weighted by Crippen LogP contribution is -2.46. The van der Waals surface area contributed by atoms with Crippen LogP contribution in [0.15, 0.2) is 46.1 Å². The molecule has 0 bridgehead atoms. The molecule has 1 aliphatic carbocycles. The Labute approximate surface area is 269 Å². The molecule has 1 aliphatic heterocycles. The average Bonchev–Trinajstić information content (AvgIpc) is 3.35. The van der Waals surface area contributed by atoms with Crippen molar-refractivity contribution < 1.29 is 27.2 Å². The van der Waals surface area contributed by atoms with Crippen LogP contribution in [0.2, 0.25) is 5.02 Å². The van der Waals surface area contributed by atoms with E-state index in [1.807, 2.05) is 19.9 Å². The Hall–Kier alpha value is -3.38. The first-order valence-electron chi connectivity index (χ1n) is 15.0. The second kappa shape index (κ2) is 12.4. The first-order valence-corrected chi connectivity index (χ1v) is 16.8. The van der Waals surface area contributed by atoms with Gasteiger partial charge in [0.05, 0.1) is 16.5 Å². The van der Waals surface area contributed by atoms with Crippen LogP contribution in [0.4, 0.5) is 0 Å². The van der Waals surface area contributed by atoms with E-state index in [1.54, 1.807) is 19.9 Å². The molecule has 1 fully saturated rings. The number of fused-ring (bicyclic) bond motifs is 1. The van der Waals surface area contributed by atoms with Gasteiger partial charge in [0, 0.05) is 47.8 Å². The van der Waals surface area contributed by atoms with Gasteiger partial charge in [-0.2, -0.15) is 8.42 Å². The van der Waals surface area contributed by atoms with Crippen LogP contribution in [0.5, 0.6) is 11.5 Å². The number of ether oxygens (including phenoxy) is 2. The number of carbonyl (C=O) groups is 1. The molecule has 0 saturated heterocycles. The van der Waals surface area contributed by atoms with Gasteiger partial charge in [-0.25, -0.2) is 0 Å². The van der Waals surface area contributed by atoms with Crippen LogP contribution in [-0.4, -0.2) is 59.6 Å². The highest BCUT2D eigenvalue weighted by molar-refractivity contribution is 7.85. The molecule has 3 aromatic rings. The van der Waals surface area contributed by atoms with E-state index in [4.69, 9.17) is 21.1 Å². The van der Waals surface area contributed by atoms with Crippen molar-refractivity contribution in [1.29, 1.82) is 0 Å². The molecule has 1 aromatic heterocycles. The van der Waals surface area contributed by atoms with Gasteiger partial charge in [-0.3, -0.25) is 14.1 Å². The highest BCUT2D eigenvalue weighted by Gasteiger charge is 2.47. The topological polar surface area (TPSA) is 129 Å². The van der Waals surface area contributed by atoms with E-state index < -0.39 is 15.9 Å². The summed E-state index contributed by atoms with van der Waals surface area (Å²) in [6.45, 7) is 7.37. The molecule has 1 atom stereocenters. The van der Waals surface area contributed by atoms with Crippen molar-refractivity contribution in [3.8, 4) is 11.5 Å². The Bertz CT molecular complexity index is 1780. The van der Waals surface area contributed by atoms with Gasteiger partial charge >= 0.3 is 0 Å². The lowest BCUT2D eigenvalue weighted by atomic mass is 9.81. The predicted octanol–water partition coefficient (Wildman–Crippen LogP) is 5.65. The summed E-state index contributed by atoms with van der Waals surface area (Å²) in [6.07, 6.45) is 3.93. The van der Waals surface area contributed by atoms with Crippen LogP contribution in [0.25, 0.3) is 0 Å². The lowest BCUT2D eigenvalue weighted by molar-refractivity contribution is -0.123. The molecule has 2 heterocycles. The summed E-state index contributed by atoms with van der Waals surface area (Å²) < 4.78 is 45.5. The zero-order chi connectivity index (χ0) is 32.8. The summed E-state index contributed by atoms with van der Waals surface area (Å²) in [4.78, 5) is 33.6. The Balaban J connectivity index is 1.48. The first kappa shape index (κ1) is 33.0. The number of pyridine rings is 1. The molecule has 2 aliphatic rings. The highest BCUT2D eigenvalue weighted by Crippen LogP contribution is 2.52. The van der Waals surface area contributed by atoms with Crippen molar-refractivity contribution in [3.05, 3.63) is 85.3 Å². The maximum atomic E-state index is 14.3. The molecule has 10 nitrogen and oxygen atoms in total. The number of benzene rings is 2. The van der Waals surface area contributed by atoms with Gasteiger partial charge in [-0.1, -0.05) is 23.7 Å². The monoisotopic (exact) mass is 657 g/mol. The van der Waals surface area contributed by atoms with Gasteiger partial charge in [-0.05, 0) is 95.9 Å². The summed E-state index contributed by atoms with van der Waals surface area (Å²) in [5, 5.41) is 0.256. The highest BCUT2D eigenvalue weighted by atomic mass is 35.5. The molecule has 12 heteroatoms. The number of carbonyl (C=O) groups excluding carboxylic acids is 1. The summed E-state index contributed by atoms with van der Waals surface area (Å²) in [7, 11) is -0.184. The van der Waals surface area contributed by atoms with Crippen molar-refractivity contribution in [2.24, 2.45) is 5.92 Å². The molecule has 2 N–H and O–H groups in total. The van der Waals surface area contributed by atoms with Crippen molar-refractivity contribution in [1.82, 2.24) is 14.8 Å². The number of aromatic nitrogens is 1. The standard InChI is InChI=1S/C33H40ClN3O7S/c1-19-15-20(2)35-31(38)27(19)18-37(17-22-7-13-25(14-8-22)45(40,41)42)32(39)26-16-28(34)30-29(21(26)3)43-33(4,44-30)23-9-11-24(12-10-23)36(5)6/h7-8,13-16,23-24H,9-12,17-18H2,1-6H3,(H,35,38)(H,40,41,42)/t23?,24?,33-/m1/s1. The minimum Gasteiger partial charge on any atom is -0.448 e. The number of amides is 1. The lowest BCUT2D eigenvalue weighted by Gasteiger charge is -2.39. The van der Waals surface area contributed by atoms with Gasteiger partial charge in [0.15, 0.2) is 11.5 Å². The van der Waals surface area contributed by atoms with E-state index in [0.29, 0.717) is 45.5 Å². The van der Waals surface area contributed by atoms with Crippen LogP contribution in [-0.2, 0) is 23.2 Å². The van der Waals surface area contributed by atoms with E-state index in [9.17, 15) is 22.6 Å². The van der Waals surface area contributed by atoms with Crippen molar-refractivity contribution >= 4 is 27.6 Å².